The lowest BCUT2D eigenvalue weighted by atomic mass is 10.3. The Kier molecular flexibility index (Phi) is 3.20. The summed E-state index contributed by atoms with van der Waals surface area (Å²) in [6, 6.07) is 9.14. The number of aliphatic hydroxyl groups excluding tert-OH is 1. The van der Waals surface area contributed by atoms with Crippen molar-refractivity contribution in [2.75, 3.05) is 6.61 Å². The second kappa shape index (κ2) is 4.21. The van der Waals surface area contributed by atoms with E-state index >= 15 is 0 Å². The third-order valence-electron chi connectivity index (χ3n) is 1.15. The molecule has 0 aliphatic rings. The number of rotatable bonds is 3. The van der Waals surface area contributed by atoms with Crippen molar-refractivity contribution >= 4 is 11.6 Å². The first kappa shape index (κ1) is 8.37. The minimum absolute atomic E-state index is 0.184. The van der Waals surface area contributed by atoms with Crippen LogP contribution < -0.4 is 4.74 Å². The van der Waals surface area contributed by atoms with Crippen molar-refractivity contribution in [1.82, 2.24) is 0 Å². The lowest BCUT2D eigenvalue weighted by molar-refractivity contribution is 0.172. The van der Waals surface area contributed by atoms with Crippen molar-refractivity contribution in [1.29, 1.82) is 0 Å². The van der Waals surface area contributed by atoms with E-state index in [2.05, 4.69) is 0 Å². The second-order valence-electron chi connectivity index (χ2n) is 2.02. The zero-order chi connectivity index (χ0) is 8.10. The van der Waals surface area contributed by atoms with Crippen LogP contribution in [0.1, 0.15) is 0 Å². The summed E-state index contributed by atoms with van der Waals surface area (Å²) in [6.07, 6.45) is 0. The summed E-state index contributed by atoms with van der Waals surface area (Å²) in [5, 5.41) is 8.54. The van der Waals surface area contributed by atoms with Crippen LogP contribution >= 0.6 is 11.6 Å². The number of aliphatic hydroxyl groups is 1. The number of ether oxygens (including phenoxy) is 1. The Morgan fingerprint density at radius 2 is 2.00 bits per heavy atom. The Bertz CT molecular complexity index is 201. The standard InChI is InChI=1S/C8H9ClO2/c9-8(6-10)11-7-4-2-1-3-5-7/h1-5,8,10H,6H2. The number of hydrogen-bond acceptors (Lipinski definition) is 2. The fourth-order valence-corrected chi connectivity index (χ4v) is 0.787. The first-order valence-electron chi connectivity index (χ1n) is 3.29. The van der Waals surface area contributed by atoms with Crippen LogP contribution in [0.2, 0.25) is 0 Å². The monoisotopic (exact) mass is 172 g/mol. The van der Waals surface area contributed by atoms with Crippen LogP contribution in [0, 0.1) is 0 Å². The van der Waals surface area contributed by atoms with Gasteiger partial charge < -0.3 is 9.84 Å². The van der Waals surface area contributed by atoms with Crippen LogP contribution in [-0.2, 0) is 0 Å². The molecule has 60 valence electrons. The van der Waals surface area contributed by atoms with E-state index in [9.17, 15) is 0 Å². The van der Waals surface area contributed by atoms with Gasteiger partial charge in [-0.05, 0) is 12.1 Å². The first-order chi connectivity index (χ1) is 5.33. The number of alkyl halides is 1. The average Bonchev–Trinajstić information content (AvgIpc) is 2.06. The third-order valence-corrected chi connectivity index (χ3v) is 1.38. The topological polar surface area (TPSA) is 29.5 Å². The molecule has 2 nitrogen and oxygen atoms in total. The Labute approximate surface area is 70.4 Å². The minimum Gasteiger partial charge on any atom is -0.472 e. The van der Waals surface area contributed by atoms with E-state index in [1.807, 2.05) is 18.2 Å². The molecule has 0 saturated heterocycles. The van der Waals surface area contributed by atoms with Crippen LogP contribution in [0.5, 0.6) is 5.75 Å². The highest BCUT2D eigenvalue weighted by Gasteiger charge is 2.01. The molecule has 1 aromatic carbocycles. The molecule has 1 atom stereocenters. The quantitative estimate of drug-likeness (QED) is 0.703. The summed E-state index contributed by atoms with van der Waals surface area (Å²) in [7, 11) is 0. The van der Waals surface area contributed by atoms with Crippen molar-refractivity contribution in [3.8, 4) is 5.75 Å². The largest absolute Gasteiger partial charge is 0.472 e. The molecule has 11 heavy (non-hydrogen) atoms. The van der Waals surface area contributed by atoms with E-state index in [0.717, 1.165) is 0 Å². The molecule has 3 heteroatoms. The van der Waals surface area contributed by atoms with Gasteiger partial charge in [0.05, 0.1) is 6.61 Å². The predicted octanol–water partition coefficient (Wildman–Crippen LogP) is 1.62. The van der Waals surface area contributed by atoms with Crippen molar-refractivity contribution in [2.45, 2.75) is 5.56 Å². The summed E-state index contributed by atoms with van der Waals surface area (Å²) in [5.74, 6) is 0.668. The maximum Gasteiger partial charge on any atom is 0.195 e. The fourth-order valence-electron chi connectivity index (χ4n) is 0.684. The summed E-state index contributed by atoms with van der Waals surface area (Å²) < 4.78 is 5.08. The molecule has 1 N–H and O–H groups in total. The van der Waals surface area contributed by atoms with Gasteiger partial charge in [0.15, 0.2) is 5.56 Å². The maximum absolute atomic E-state index is 8.54. The summed E-state index contributed by atoms with van der Waals surface area (Å²) in [5.41, 5.74) is -0.655. The smallest absolute Gasteiger partial charge is 0.195 e. The van der Waals surface area contributed by atoms with Crippen LogP contribution in [0.4, 0.5) is 0 Å². The molecule has 0 amide bonds. The molecule has 0 saturated carbocycles. The summed E-state index contributed by atoms with van der Waals surface area (Å²) in [6.45, 7) is -0.184. The van der Waals surface area contributed by atoms with Gasteiger partial charge in [0, 0.05) is 0 Å². The van der Waals surface area contributed by atoms with E-state index < -0.39 is 5.56 Å². The highest BCUT2D eigenvalue weighted by Crippen LogP contribution is 2.11. The summed E-state index contributed by atoms with van der Waals surface area (Å²) >= 11 is 5.53. The maximum atomic E-state index is 8.54. The molecule has 1 rings (SSSR count). The molecule has 1 unspecified atom stereocenters. The normalized spacial score (nSPS) is 12.5. The van der Waals surface area contributed by atoms with Crippen molar-refractivity contribution in [3.63, 3.8) is 0 Å². The van der Waals surface area contributed by atoms with Crippen molar-refractivity contribution < 1.29 is 9.84 Å². The molecule has 0 aliphatic carbocycles. The average molecular weight is 173 g/mol. The van der Waals surface area contributed by atoms with E-state index in [4.69, 9.17) is 21.4 Å². The van der Waals surface area contributed by atoms with Crippen molar-refractivity contribution in [2.24, 2.45) is 0 Å². The predicted molar refractivity (Wildman–Crippen MR) is 43.8 cm³/mol. The van der Waals surface area contributed by atoms with Crippen molar-refractivity contribution in [3.05, 3.63) is 30.3 Å². The zero-order valence-electron chi connectivity index (χ0n) is 5.90. The van der Waals surface area contributed by atoms with Gasteiger partial charge in [-0.1, -0.05) is 29.8 Å². The molecular weight excluding hydrogens is 164 g/mol. The summed E-state index contributed by atoms with van der Waals surface area (Å²) in [4.78, 5) is 0. The highest BCUT2D eigenvalue weighted by molar-refractivity contribution is 6.19. The zero-order valence-corrected chi connectivity index (χ0v) is 6.66. The molecular formula is C8H9ClO2. The van der Waals surface area contributed by atoms with E-state index in [-0.39, 0.29) is 6.61 Å². The molecule has 0 aliphatic heterocycles. The Balaban J connectivity index is 2.51. The van der Waals surface area contributed by atoms with E-state index in [1.165, 1.54) is 0 Å². The molecule has 0 aromatic heterocycles. The molecule has 0 spiro atoms. The number of benzene rings is 1. The van der Waals surface area contributed by atoms with Crippen LogP contribution in [0.3, 0.4) is 0 Å². The molecule has 0 radical (unpaired) electrons. The highest BCUT2D eigenvalue weighted by atomic mass is 35.5. The van der Waals surface area contributed by atoms with Crippen LogP contribution in [0.15, 0.2) is 30.3 Å². The lowest BCUT2D eigenvalue weighted by Crippen LogP contribution is -2.12. The minimum atomic E-state index is -0.655. The Morgan fingerprint density at radius 3 is 2.55 bits per heavy atom. The lowest BCUT2D eigenvalue weighted by Gasteiger charge is -2.08. The van der Waals surface area contributed by atoms with Gasteiger partial charge in [0.1, 0.15) is 5.75 Å². The molecule has 1 aromatic rings. The molecule has 0 fully saturated rings. The third kappa shape index (κ3) is 2.78. The van der Waals surface area contributed by atoms with Gasteiger partial charge >= 0.3 is 0 Å². The van der Waals surface area contributed by atoms with Crippen LogP contribution in [-0.4, -0.2) is 17.3 Å². The van der Waals surface area contributed by atoms with Gasteiger partial charge in [0.25, 0.3) is 0 Å². The molecule has 0 bridgehead atoms. The fraction of sp³-hybridized carbons (Fsp3) is 0.250. The second-order valence-corrected chi connectivity index (χ2v) is 2.51. The van der Waals surface area contributed by atoms with Gasteiger partial charge in [-0.25, -0.2) is 0 Å². The number of para-hydroxylation sites is 1. The van der Waals surface area contributed by atoms with E-state index in [1.54, 1.807) is 12.1 Å². The Morgan fingerprint density at radius 1 is 1.36 bits per heavy atom. The number of hydrogen-bond donors (Lipinski definition) is 1. The van der Waals surface area contributed by atoms with Gasteiger partial charge in [0.2, 0.25) is 0 Å². The van der Waals surface area contributed by atoms with Gasteiger partial charge in [-0.2, -0.15) is 0 Å². The van der Waals surface area contributed by atoms with Crippen LogP contribution in [0.25, 0.3) is 0 Å². The van der Waals surface area contributed by atoms with Gasteiger partial charge in [-0.3, -0.25) is 0 Å². The molecule has 0 heterocycles. The van der Waals surface area contributed by atoms with Gasteiger partial charge in [-0.15, -0.1) is 0 Å². The number of halogens is 1. The Hall–Kier alpha value is -0.730. The SMILES string of the molecule is OCC(Cl)Oc1ccccc1. The van der Waals surface area contributed by atoms with E-state index in [0.29, 0.717) is 5.75 Å². The first-order valence-corrected chi connectivity index (χ1v) is 3.73.